The van der Waals surface area contributed by atoms with Crippen molar-refractivity contribution in [2.24, 2.45) is 11.8 Å². The van der Waals surface area contributed by atoms with Crippen LogP contribution in [-0.4, -0.2) is 42.4 Å². The first-order valence-electron chi connectivity index (χ1n) is 12.7. The number of rotatable bonds is 5. The number of pyridine rings is 1. The molecule has 1 aliphatic carbocycles. The first-order valence-corrected chi connectivity index (χ1v) is 12.7. The molecule has 2 aliphatic heterocycles. The molecule has 5 rings (SSSR count). The largest absolute Gasteiger partial charge is 0.393 e. The number of benzene rings is 1. The van der Waals surface area contributed by atoms with Gasteiger partial charge in [-0.3, -0.25) is 5.43 Å². The van der Waals surface area contributed by atoms with E-state index in [2.05, 4.69) is 27.1 Å². The number of fused-ring (bicyclic) bond motifs is 1. The third-order valence-electron chi connectivity index (χ3n) is 8.07. The highest BCUT2D eigenvalue weighted by Crippen LogP contribution is 2.48. The molecule has 8 heteroatoms. The lowest BCUT2D eigenvalue weighted by Crippen LogP contribution is -2.39. The minimum absolute atomic E-state index is 0.00981. The summed E-state index contributed by atoms with van der Waals surface area (Å²) in [6.45, 7) is 4.17. The van der Waals surface area contributed by atoms with E-state index in [9.17, 15) is 10.4 Å². The lowest BCUT2D eigenvalue weighted by atomic mass is 9.67. The van der Waals surface area contributed by atoms with Crippen molar-refractivity contribution >= 4 is 5.82 Å². The van der Waals surface area contributed by atoms with Crippen LogP contribution in [0.5, 0.6) is 0 Å². The maximum absolute atomic E-state index is 15.4. The molecule has 3 aliphatic rings. The fraction of sp³-hybridized carbons (Fsp3) is 0.556. The monoisotopic (exact) mass is 478 g/mol. The van der Waals surface area contributed by atoms with Crippen molar-refractivity contribution < 1.29 is 9.50 Å². The molecule has 0 radical (unpaired) electrons. The summed E-state index contributed by atoms with van der Waals surface area (Å²) < 4.78 is 15.4. The van der Waals surface area contributed by atoms with Gasteiger partial charge in [-0.1, -0.05) is 12.1 Å². The number of nitriles is 1. The van der Waals surface area contributed by atoms with Gasteiger partial charge in [-0.2, -0.15) is 5.26 Å². The Morgan fingerprint density at radius 3 is 2.74 bits per heavy atom. The Morgan fingerprint density at radius 2 is 2.03 bits per heavy atom. The van der Waals surface area contributed by atoms with E-state index < -0.39 is 0 Å². The number of nitrogens with zero attached hydrogens (tertiary/aromatic N) is 3. The summed E-state index contributed by atoms with van der Waals surface area (Å²) in [4.78, 5) is 7.23. The average Bonchev–Trinajstić information content (AvgIpc) is 3.27. The molecule has 1 aromatic heterocycles. The third kappa shape index (κ3) is 4.78. The highest BCUT2D eigenvalue weighted by Gasteiger charge is 2.46. The zero-order valence-electron chi connectivity index (χ0n) is 20.5. The molecule has 4 N–H and O–H groups in total. The molecule has 0 bridgehead atoms. The molecule has 2 saturated heterocycles. The maximum Gasteiger partial charge on any atom is 0.128 e. The number of piperidine rings is 1. The van der Waals surface area contributed by atoms with Gasteiger partial charge in [0.1, 0.15) is 11.6 Å². The van der Waals surface area contributed by atoms with Gasteiger partial charge in [-0.25, -0.2) is 14.8 Å². The first kappa shape index (κ1) is 24.1. The molecule has 5 unspecified atom stereocenters. The molecule has 0 spiro atoms. The molecule has 1 aromatic carbocycles. The molecule has 35 heavy (non-hydrogen) atoms. The minimum atomic E-state index is -0.244. The van der Waals surface area contributed by atoms with E-state index in [0.717, 1.165) is 55.0 Å². The van der Waals surface area contributed by atoms with Crippen LogP contribution in [0.15, 0.2) is 30.3 Å². The van der Waals surface area contributed by atoms with Crippen LogP contribution in [0.4, 0.5) is 10.2 Å². The van der Waals surface area contributed by atoms with Crippen LogP contribution >= 0.6 is 0 Å². The smallest absolute Gasteiger partial charge is 0.128 e. The van der Waals surface area contributed by atoms with Gasteiger partial charge in [-0.15, -0.1) is 0 Å². The van der Waals surface area contributed by atoms with E-state index in [4.69, 9.17) is 4.98 Å². The summed E-state index contributed by atoms with van der Waals surface area (Å²) in [7, 11) is 1.85. The van der Waals surface area contributed by atoms with Crippen molar-refractivity contribution in [1.29, 1.82) is 5.26 Å². The van der Waals surface area contributed by atoms with Crippen molar-refractivity contribution in [1.82, 2.24) is 21.2 Å². The van der Waals surface area contributed by atoms with Crippen LogP contribution in [0.3, 0.4) is 0 Å². The van der Waals surface area contributed by atoms with Crippen LogP contribution in [0.25, 0.3) is 0 Å². The molecular formula is C27H35FN6O. The zero-order valence-corrected chi connectivity index (χ0v) is 20.5. The highest BCUT2D eigenvalue weighted by atomic mass is 19.1. The van der Waals surface area contributed by atoms with Crippen LogP contribution in [0, 0.1) is 35.9 Å². The Hall–Kier alpha value is -2.57. The van der Waals surface area contributed by atoms with Crippen LogP contribution in [0.2, 0.25) is 0 Å². The van der Waals surface area contributed by atoms with Crippen molar-refractivity contribution in [2.45, 2.75) is 63.3 Å². The summed E-state index contributed by atoms with van der Waals surface area (Å²) in [5.74, 6) is 0.532. The third-order valence-corrected chi connectivity index (χ3v) is 8.07. The van der Waals surface area contributed by atoms with E-state index in [0.29, 0.717) is 18.5 Å². The van der Waals surface area contributed by atoms with E-state index in [1.54, 1.807) is 6.07 Å². The van der Waals surface area contributed by atoms with Crippen molar-refractivity contribution in [2.75, 3.05) is 25.0 Å². The van der Waals surface area contributed by atoms with Gasteiger partial charge >= 0.3 is 0 Å². The number of aliphatic hydroxyl groups excluding tert-OH is 1. The second kappa shape index (κ2) is 10.2. The first-order chi connectivity index (χ1) is 17.0. The molecule has 1 saturated carbocycles. The fourth-order valence-corrected chi connectivity index (χ4v) is 6.31. The number of anilines is 1. The molecule has 3 heterocycles. The predicted octanol–water partition coefficient (Wildman–Crippen LogP) is 3.06. The second-order valence-electron chi connectivity index (χ2n) is 10.3. The molecule has 2 aromatic rings. The van der Waals surface area contributed by atoms with E-state index in [-0.39, 0.29) is 41.8 Å². The standard InChI is InChI=1S/C27H35FN6O/c1-16-10-17(15-30-2)11-22(28)26(16)20-13-21-24(12-18(20)14-29)32-33-27(21)23-4-3-5-25(31-23)34-8-6-19(35)7-9-34/h3-5,10-11,18-21,24,27,30,32-33,35H,6-9,12-13,15H2,1-2H3. The molecule has 5 atom stereocenters. The number of aromatic nitrogens is 1. The Bertz CT molecular complexity index is 1070. The number of hydrogen-bond donors (Lipinski definition) is 4. The normalized spacial score (nSPS) is 29.1. The molecule has 186 valence electrons. The minimum Gasteiger partial charge on any atom is -0.393 e. The van der Waals surface area contributed by atoms with Crippen molar-refractivity contribution in [3.05, 3.63) is 58.5 Å². The van der Waals surface area contributed by atoms with Gasteiger partial charge in [0.05, 0.1) is 29.8 Å². The van der Waals surface area contributed by atoms with Crippen molar-refractivity contribution in [3.8, 4) is 6.07 Å². The topological polar surface area (TPSA) is 96.2 Å². The summed E-state index contributed by atoms with van der Waals surface area (Å²) in [6.07, 6.45) is 2.69. The lowest BCUT2D eigenvalue weighted by molar-refractivity contribution is 0.145. The van der Waals surface area contributed by atoms with E-state index in [1.807, 2.05) is 38.2 Å². The van der Waals surface area contributed by atoms with Gasteiger partial charge in [0.15, 0.2) is 0 Å². The number of hydrazine groups is 1. The maximum atomic E-state index is 15.4. The number of nitrogens with one attached hydrogen (secondary N) is 3. The Kier molecular flexibility index (Phi) is 7.03. The molecule has 3 fully saturated rings. The molecule has 7 nitrogen and oxygen atoms in total. The van der Waals surface area contributed by atoms with Crippen LogP contribution < -0.4 is 21.1 Å². The van der Waals surface area contributed by atoms with Gasteiger partial charge < -0.3 is 15.3 Å². The van der Waals surface area contributed by atoms with E-state index in [1.165, 1.54) is 0 Å². The van der Waals surface area contributed by atoms with Gasteiger partial charge in [0.2, 0.25) is 0 Å². The van der Waals surface area contributed by atoms with Gasteiger partial charge in [0, 0.05) is 31.6 Å². The average molecular weight is 479 g/mol. The van der Waals surface area contributed by atoms with Crippen LogP contribution in [0.1, 0.15) is 60.0 Å². The Labute approximate surface area is 206 Å². The second-order valence-corrected chi connectivity index (χ2v) is 10.3. The predicted molar refractivity (Wildman–Crippen MR) is 133 cm³/mol. The van der Waals surface area contributed by atoms with Gasteiger partial charge in [0.25, 0.3) is 0 Å². The zero-order chi connectivity index (χ0) is 24.5. The van der Waals surface area contributed by atoms with E-state index >= 15 is 4.39 Å². The fourth-order valence-electron chi connectivity index (χ4n) is 6.31. The summed E-state index contributed by atoms with van der Waals surface area (Å²) >= 11 is 0. The summed E-state index contributed by atoms with van der Waals surface area (Å²) in [5, 5.41) is 22.9. The van der Waals surface area contributed by atoms with Crippen LogP contribution in [-0.2, 0) is 6.54 Å². The van der Waals surface area contributed by atoms with Crippen molar-refractivity contribution in [3.63, 3.8) is 0 Å². The number of hydrogen-bond acceptors (Lipinski definition) is 7. The quantitative estimate of drug-likeness (QED) is 0.525. The summed E-state index contributed by atoms with van der Waals surface area (Å²) in [5.41, 5.74) is 10.3. The SMILES string of the molecule is CNCc1cc(C)c(C2CC3C(CC2C#N)NNC3c2cccc(N3CCC(O)CC3)n2)c(F)c1. The Balaban J connectivity index is 1.41. The molecule has 0 amide bonds. The number of aryl methyl sites for hydroxylation is 1. The number of aliphatic hydroxyl groups is 1. The molecular weight excluding hydrogens is 443 g/mol. The number of halogens is 1. The highest BCUT2D eigenvalue weighted by molar-refractivity contribution is 5.41. The Morgan fingerprint density at radius 1 is 1.23 bits per heavy atom. The summed E-state index contributed by atoms with van der Waals surface area (Å²) in [6, 6.07) is 12.4. The van der Waals surface area contributed by atoms with Gasteiger partial charge in [-0.05, 0) is 80.5 Å². The lowest BCUT2D eigenvalue weighted by Gasteiger charge is -2.37.